The van der Waals surface area contributed by atoms with Gasteiger partial charge in [-0.2, -0.15) is 0 Å². The van der Waals surface area contributed by atoms with Crippen LogP contribution in [0.1, 0.15) is 49.4 Å². The Labute approximate surface area is 170 Å². The van der Waals surface area contributed by atoms with Crippen molar-refractivity contribution in [2.24, 2.45) is 0 Å². The fraction of sp³-hybridized carbons (Fsp3) is 0.435. The Morgan fingerprint density at radius 2 is 1.90 bits per heavy atom. The van der Waals surface area contributed by atoms with E-state index in [2.05, 4.69) is 22.3 Å². The zero-order valence-electron chi connectivity index (χ0n) is 16.7. The molecule has 2 heterocycles. The van der Waals surface area contributed by atoms with E-state index >= 15 is 0 Å². The number of carbonyl (C=O) groups excluding carboxylic acids is 1. The quantitative estimate of drug-likeness (QED) is 0.827. The van der Waals surface area contributed by atoms with Crippen LogP contribution in [0.25, 0.3) is 0 Å². The molecule has 0 spiro atoms. The largest absolute Gasteiger partial charge is 0.490 e. The molecular formula is C23H27FN2O3. The average molecular weight is 398 g/mol. The number of ether oxygens (including phenoxy) is 2. The summed E-state index contributed by atoms with van der Waals surface area (Å²) in [4.78, 5) is 14.8. The predicted molar refractivity (Wildman–Crippen MR) is 109 cm³/mol. The summed E-state index contributed by atoms with van der Waals surface area (Å²) in [6, 6.07) is 12.4. The highest BCUT2D eigenvalue weighted by molar-refractivity contribution is 5.78. The van der Waals surface area contributed by atoms with Crippen molar-refractivity contribution in [2.45, 2.75) is 38.3 Å². The number of nitrogens with zero attached hydrogens (tertiary/aromatic N) is 1. The van der Waals surface area contributed by atoms with Crippen molar-refractivity contribution in [3.63, 3.8) is 0 Å². The lowest BCUT2D eigenvalue weighted by molar-refractivity contribution is -0.123. The fourth-order valence-corrected chi connectivity index (χ4v) is 4.09. The van der Waals surface area contributed by atoms with E-state index in [1.807, 2.05) is 13.0 Å². The molecule has 1 amide bonds. The minimum atomic E-state index is -0.276. The number of amides is 1. The first kappa shape index (κ1) is 19.7. The number of benzene rings is 2. The first-order valence-corrected chi connectivity index (χ1v) is 10.3. The molecule has 0 bridgehead atoms. The Kier molecular flexibility index (Phi) is 6.00. The van der Waals surface area contributed by atoms with Gasteiger partial charge in [0.25, 0.3) is 0 Å². The average Bonchev–Trinajstić information content (AvgIpc) is 3.03. The fourth-order valence-electron chi connectivity index (χ4n) is 4.09. The van der Waals surface area contributed by atoms with E-state index in [1.165, 1.54) is 12.1 Å². The molecule has 0 aliphatic carbocycles. The number of halogens is 1. The third kappa shape index (κ3) is 4.70. The molecule has 2 aliphatic rings. The molecule has 2 aliphatic heterocycles. The molecule has 0 unspecified atom stereocenters. The van der Waals surface area contributed by atoms with Gasteiger partial charge in [-0.1, -0.05) is 18.2 Å². The number of fused-ring (bicyclic) bond motifs is 1. The molecule has 1 fully saturated rings. The second kappa shape index (κ2) is 8.82. The number of carbonyl (C=O) groups is 1. The normalized spacial score (nSPS) is 20.1. The highest BCUT2D eigenvalue weighted by Gasteiger charge is 2.29. The Bertz CT molecular complexity index is 856. The Hall–Kier alpha value is -2.60. The van der Waals surface area contributed by atoms with Crippen LogP contribution in [0.3, 0.4) is 0 Å². The van der Waals surface area contributed by atoms with Crippen LogP contribution in [0.4, 0.5) is 4.39 Å². The van der Waals surface area contributed by atoms with Gasteiger partial charge in [-0.15, -0.1) is 0 Å². The van der Waals surface area contributed by atoms with Gasteiger partial charge >= 0.3 is 0 Å². The molecule has 6 heteroatoms. The summed E-state index contributed by atoms with van der Waals surface area (Å²) in [5, 5.41) is 3.02. The maximum Gasteiger partial charge on any atom is 0.234 e. The topological polar surface area (TPSA) is 50.8 Å². The lowest BCUT2D eigenvalue weighted by atomic mass is 10.0. The number of likely N-dealkylation sites (tertiary alicyclic amines) is 1. The van der Waals surface area contributed by atoms with Crippen LogP contribution in [-0.4, -0.2) is 37.1 Å². The van der Waals surface area contributed by atoms with Crippen LogP contribution >= 0.6 is 0 Å². The van der Waals surface area contributed by atoms with Crippen molar-refractivity contribution < 1.29 is 18.7 Å². The van der Waals surface area contributed by atoms with Gasteiger partial charge in [-0.25, -0.2) is 4.39 Å². The summed E-state index contributed by atoms with van der Waals surface area (Å²) in [5.41, 5.74) is 2.05. The zero-order valence-corrected chi connectivity index (χ0v) is 16.7. The lowest BCUT2D eigenvalue weighted by Crippen LogP contribution is -2.38. The third-order valence-corrected chi connectivity index (χ3v) is 5.61. The maximum atomic E-state index is 13.1. The molecule has 4 rings (SSSR count). The molecule has 154 valence electrons. The molecule has 2 aromatic rings. The summed E-state index contributed by atoms with van der Waals surface area (Å²) in [7, 11) is 0. The van der Waals surface area contributed by atoms with Crippen LogP contribution < -0.4 is 14.8 Å². The van der Waals surface area contributed by atoms with Gasteiger partial charge in [0.2, 0.25) is 5.91 Å². The number of nitrogens with one attached hydrogen (secondary N) is 1. The molecule has 0 saturated carbocycles. The van der Waals surface area contributed by atoms with Crippen molar-refractivity contribution in [2.75, 3.05) is 26.3 Å². The van der Waals surface area contributed by atoms with Crippen LogP contribution in [0.15, 0.2) is 42.5 Å². The molecule has 1 saturated heterocycles. The second-order valence-corrected chi connectivity index (χ2v) is 7.73. The van der Waals surface area contributed by atoms with Gasteiger partial charge in [0, 0.05) is 12.5 Å². The van der Waals surface area contributed by atoms with E-state index in [9.17, 15) is 9.18 Å². The molecule has 0 aromatic heterocycles. The summed E-state index contributed by atoms with van der Waals surface area (Å²) in [6.45, 7) is 4.47. The van der Waals surface area contributed by atoms with Gasteiger partial charge in [0.05, 0.1) is 25.8 Å². The third-order valence-electron chi connectivity index (χ3n) is 5.61. The number of hydrogen-bond donors (Lipinski definition) is 1. The van der Waals surface area contributed by atoms with Gasteiger partial charge < -0.3 is 14.8 Å². The number of hydrogen-bond acceptors (Lipinski definition) is 4. The number of rotatable bonds is 5. The standard InChI is InChI=1S/C23H27FN2O3/c1-16(17-5-8-19(24)9-6-17)25-23(27)15-26-11-2-4-20(26)18-7-10-21-22(14-18)29-13-3-12-28-21/h5-10,14,16,20H,2-4,11-13,15H2,1H3,(H,25,27)/t16-,20+/m0/s1. The molecular weight excluding hydrogens is 371 g/mol. The molecule has 0 radical (unpaired) electrons. The lowest BCUT2D eigenvalue weighted by Gasteiger charge is -2.25. The van der Waals surface area contributed by atoms with Gasteiger partial charge in [-0.05, 0) is 61.7 Å². The monoisotopic (exact) mass is 398 g/mol. The Morgan fingerprint density at radius 3 is 2.69 bits per heavy atom. The summed E-state index contributed by atoms with van der Waals surface area (Å²) < 4.78 is 24.7. The van der Waals surface area contributed by atoms with Crippen molar-refractivity contribution >= 4 is 5.91 Å². The predicted octanol–water partition coefficient (Wildman–Crippen LogP) is 4.00. The van der Waals surface area contributed by atoms with E-state index in [1.54, 1.807) is 12.1 Å². The summed E-state index contributed by atoms with van der Waals surface area (Å²) in [5.74, 6) is 1.29. The first-order chi connectivity index (χ1) is 14.1. The van der Waals surface area contributed by atoms with Crippen LogP contribution in [-0.2, 0) is 4.79 Å². The van der Waals surface area contributed by atoms with Crippen molar-refractivity contribution in [1.29, 1.82) is 0 Å². The minimum absolute atomic E-state index is 0.0249. The van der Waals surface area contributed by atoms with E-state index in [0.717, 1.165) is 48.4 Å². The van der Waals surface area contributed by atoms with Gasteiger partial charge in [-0.3, -0.25) is 9.69 Å². The van der Waals surface area contributed by atoms with Crippen molar-refractivity contribution in [1.82, 2.24) is 10.2 Å². The van der Waals surface area contributed by atoms with Crippen LogP contribution in [0.2, 0.25) is 0 Å². The SMILES string of the molecule is C[C@H](NC(=O)CN1CCC[C@@H]1c1ccc2c(c1)OCCCO2)c1ccc(F)cc1. The Balaban J connectivity index is 1.40. The summed E-state index contributed by atoms with van der Waals surface area (Å²) in [6.07, 6.45) is 2.95. The van der Waals surface area contributed by atoms with Crippen LogP contribution in [0.5, 0.6) is 11.5 Å². The van der Waals surface area contributed by atoms with Gasteiger partial charge in [0.15, 0.2) is 11.5 Å². The van der Waals surface area contributed by atoms with Crippen molar-refractivity contribution in [3.05, 3.63) is 59.4 Å². The smallest absolute Gasteiger partial charge is 0.234 e. The molecule has 1 N–H and O–H groups in total. The van der Waals surface area contributed by atoms with E-state index in [0.29, 0.717) is 19.8 Å². The Morgan fingerprint density at radius 1 is 1.14 bits per heavy atom. The van der Waals surface area contributed by atoms with Crippen LogP contribution in [0, 0.1) is 5.82 Å². The summed E-state index contributed by atoms with van der Waals surface area (Å²) >= 11 is 0. The highest BCUT2D eigenvalue weighted by Crippen LogP contribution is 2.37. The molecule has 2 aromatic carbocycles. The van der Waals surface area contributed by atoms with E-state index < -0.39 is 0 Å². The highest BCUT2D eigenvalue weighted by atomic mass is 19.1. The molecule has 5 nitrogen and oxygen atoms in total. The minimum Gasteiger partial charge on any atom is -0.490 e. The van der Waals surface area contributed by atoms with Crippen molar-refractivity contribution in [3.8, 4) is 11.5 Å². The maximum absolute atomic E-state index is 13.1. The molecule has 2 atom stereocenters. The second-order valence-electron chi connectivity index (χ2n) is 7.73. The van der Waals surface area contributed by atoms with E-state index in [4.69, 9.17) is 9.47 Å². The van der Waals surface area contributed by atoms with E-state index in [-0.39, 0.29) is 23.8 Å². The van der Waals surface area contributed by atoms with Gasteiger partial charge in [0.1, 0.15) is 5.82 Å². The zero-order chi connectivity index (χ0) is 20.2. The first-order valence-electron chi connectivity index (χ1n) is 10.3. The molecule has 29 heavy (non-hydrogen) atoms.